The largest absolute Gasteiger partial charge is 0.295 e. The number of nitrogens with zero attached hydrogens (tertiary/aromatic N) is 2. The maximum absolute atomic E-state index is 12.6. The number of hydrogen-bond acceptors (Lipinski definition) is 6. The predicted octanol–water partition coefficient (Wildman–Crippen LogP) is 5.03. The predicted molar refractivity (Wildman–Crippen MR) is 114 cm³/mol. The third kappa shape index (κ3) is 5.24. The molecule has 1 atom stereocenters. The van der Waals surface area contributed by atoms with Gasteiger partial charge in [-0.3, -0.25) is 20.3 Å². The smallest absolute Gasteiger partial charge is 0.280 e. The van der Waals surface area contributed by atoms with Crippen molar-refractivity contribution in [1.82, 2.24) is 0 Å². The third-order valence-corrected chi connectivity index (χ3v) is 6.41. The van der Waals surface area contributed by atoms with E-state index in [1.807, 2.05) is 0 Å². The second-order valence-electron chi connectivity index (χ2n) is 6.91. The van der Waals surface area contributed by atoms with Crippen molar-refractivity contribution in [2.75, 3.05) is 10.1 Å². The lowest BCUT2D eigenvalue weighted by Gasteiger charge is -2.20. The molecule has 2 aromatic carbocycles. The lowest BCUT2D eigenvalue weighted by Crippen LogP contribution is -2.17. The van der Waals surface area contributed by atoms with Gasteiger partial charge in [0.1, 0.15) is 5.69 Å². The first-order valence-corrected chi connectivity index (χ1v) is 11.0. The Kier molecular flexibility index (Phi) is 6.39. The Hall–Kier alpha value is -2.65. The molecule has 1 aliphatic rings. The number of nitrogens with one attached hydrogen (secondary N) is 2. The van der Waals surface area contributed by atoms with E-state index in [0.29, 0.717) is 16.6 Å². The standard InChI is InChI=1S/C19H21ClN4O4S/c1-13-4-2-3-5-17(13)21-22-18-11-10-16(12-19(18)24(25)26)29(27,28)23-15-8-6-14(20)7-9-15/h6-13,22-23H,2-5H2,1H3/b21-17-. The van der Waals surface area contributed by atoms with E-state index in [1.165, 1.54) is 24.3 Å². The normalized spacial score (nSPS) is 18.4. The highest BCUT2D eigenvalue weighted by Gasteiger charge is 2.22. The van der Waals surface area contributed by atoms with Crippen LogP contribution in [0.5, 0.6) is 0 Å². The highest BCUT2D eigenvalue weighted by atomic mass is 35.5. The topological polar surface area (TPSA) is 114 Å². The number of hydrazone groups is 1. The Balaban J connectivity index is 1.86. The van der Waals surface area contributed by atoms with Gasteiger partial charge in [0.25, 0.3) is 15.7 Å². The van der Waals surface area contributed by atoms with Crippen LogP contribution in [-0.4, -0.2) is 19.1 Å². The molecule has 0 aromatic heterocycles. The molecule has 2 aromatic rings. The van der Waals surface area contributed by atoms with E-state index in [1.54, 1.807) is 12.1 Å². The summed E-state index contributed by atoms with van der Waals surface area (Å²) in [6, 6.07) is 9.77. The molecule has 1 aliphatic carbocycles. The Morgan fingerprint density at radius 3 is 2.55 bits per heavy atom. The van der Waals surface area contributed by atoms with Gasteiger partial charge < -0.3 is 0 Å². The van der Waals surface area contributed by atoms with Gasteiger partial charge in [0, 0.05) is 22.5 Å². The van der Waals surface area contributed by atoms with Crippen molar-refractivity contribution in [1.29, 1.82) is 0 Å². The minimum Gasteiger partial charge on any atom is -0.280 e. The molecule has 10 heteroatoms. The summed E-state index contributed by atoms with van der Waals surface area (Å²) in [6.07, 6.45) is 4.07. The Morgan fingerprint density at radius 1 is 1.17 bits per heavy atom. The molecule has 1 saturated carbocycles. The van der Waals surface area contributed by atoms with Crippen LogP contribution in [0.2, 0.25) is 5.02 Å². The number of rotatable bonds is 6. The fourth-order valence-electron chi connectivity index (χ4n) is 3.12. The van der Waals surface area contributed by atoms with Gasteiger partial charge in [-0.25, -0.2) is 8.42 Å². The lowest BCUT2D eigenvalue weighted by atomic mass is 9.89. The van der Waals surface area contributed by atoms with Gasteiger partial charge in [-0.15, -0.1) is 0 Å². The molecule has 1 fully saturated rings. The fraction of sp³-hybridized carbons (Fsp3) is 0.316. The first kappa shape index (κ1) is 21.1. The monoisotopic (exact) mass is 436 g/mol. The number of halogens is 1. The lowest BCUT2D eigenvalue weighted by molar-refractivity contribution is -0.384. The average Bonchev–Trinajstić information content (AvgIpc) is 2.69. The molecule has 2 N–H and O–H groups in total. The van der Waals surface area contributed by atoms with Crippen LogP contribution in [0.3, 0.4) is 0 Å². The number of nitro groups is 1. The van der Waals surface area contributed by atoms with Crippen LogP contribution in [0.25, 0.3) is 0 Å². The molecule has 0 radical (unpaired) electrons. The summed E-state index contributed by atoms with van der Waals surface area (Å²) in [7, 11) is -4.00. The summed E-state index contributed by atoms with van der Waals surface area (Å²) < 4.78 is 27.6. The SMILES string of the molecule is CC1CCCC/C1=N/Nc1ccc(S(=O)(=O)Nc2ccc(Cl)cc2)cc1[N+](=O)[O-]. The second-order valence-corrected chi connectivity index (χ2v) is 9.03. The summed E-state index contributed by atoms with van der Waals surface area (Å²) in [5, 5.41) is 16.3. The van der Waals surface area contributed by atoms with Gasteiger partial charge in [0.2, 0.25) is 0 Å². The summed E-state index contributed by atoms with van der Waals surface area (Å²) in [5.74, 6) is 0.318. The second kappa shape index (κ2) is 8.79. The fourth-order valence-corrected chi connectivity index (χ4v) is 4.33. The van der Waals surface area contributed by atoms with Crippen molar-refractivity contribution in [2.24, 2.45) is 11.0 Å². The van der Waals surface area contributed by atoms with E-state index < -0.39 is 14.9 Å². The maximum Gasteiger partial charge on any atom is 0.295 e. The summed E-state index contributed by atoms with van der Waals surface area (Å²) in [4.78, 5) is 10.6. The van der Waals surface area contributed by atoms with E-state index in [9.17, 15) is 18.5 Å². The molecule has 8 nitrogen and oxygen atoms in total. The minimum atomic E-state index is -4.00. The van der Waals surface area contributed by atoms with Crippen molar-refractivity contribution in [3.8, 4) is 0 Å². The number of anilines is 2. The molecular weight excluding hydrogens is 416 g/mol. The number of sulfonamides is 1. The van der Waals surface area contributed by atoms with Crippen LogP contribution in [0.4, 0.5) is 17.1 Å². The Labute approximate surface area is 174 Å². The molecule has 0 aliphatic heterocycles. The van der Waals surface area contributed by atoms with Gasteiger partial charge in [-0.1, -0.05) is 24.9 Å². The van der Waals surface area contributed by atoms with Gasteiger partial charge in [0.05, 0.1) is 9.82 Å². The average molecular weight is 437 g/mol. The summed E-state index contributed by atoms with van der Waals surface area (Å²) in [5.41, 5.74) is 3.79. The molecule has 0 amide bonds. The Morgan fingerprint density at radius 2 is 1.90 bits per heavy atom. The van der Waals surface area contributed by atoms with Crippen molar-refractivity contribution < 1.29 is 13.3 Å². The van der Waals surface area contributed by atoms with Crippen LogP contribution in [0.1, 0.15) is 32.6 Å². The van der Waals surface area contributed by atoms with Crippen LogP contribution in [-0.2, 0) is 10.0 Å². The molecule has 29 heavy (non-hydrogen) atoms. The zero-order valence-corrected chi connectivity index (χ0v) is 17.3. The number of nitro benzene ring substituents is 1. The van der Waals surface area contributed by atoms with Gasteiger partial charge in [0.15, 0.2) is 0 Å². The highest BCUT2D eigenvalue weighted by Crippen LogP contribution is 2.29. The quantitative estimate of drug-likeness (QED) is 0.487. The first-order chi connectivity index (χ1) is 13.8. The highest BCUT2D eigenvalue weighted by molar-refractivity contribution is 7.92. The van der Waals surface area contributed by atoms with Crippen LogP contribution >= 0.6 is 11.6 Å². The van der Waals surface area contributed by atoms with E-state index in [-0.39, 0.29) is 16.3 Å². The first-order valence-electron chi connectivity index (χ1n) is 9.15. The van der Waals surface area contributed by atoms with E-state index >= 15 is 0 Å². The van der Waals surface area contributed by atoms with Crippen molar-refractivity contribution in [2.45, 2.75) is 37.5 Å². The minimum absolute atomic E-state index is 0.144. The molecule has 154 valence electrons. The van der Waals surface area contributed by atoms with E-state index in [2.05, 4.69) is 22.2 Å². The zero-order valence-electron chi connectivity index (χ0n) is 15.8. The van der Waals surface area contributed by atoms with Crippen LogP contribution < -0.4 is 10.1 Å². The number of hydrogen-bond donors (Lipinski definition) is 2. The molecule has 0 bridgehead atoms. The zero-order chi connectivity index (χ0) is 21.0. The molecular formula is C19H21ClN4O4S. The van der Waals surface area contributed by atoms with E-state index in [4.69, 9.17) is 11.6 Å². The Bertz CT molecular complexity index is 1040. The van der Waals surface area contributed by atoms with Gasteiger partial charge in [-0.2, -0.15) is 5.10 Å². The summed E-state index contributed by atoms with van der Waals surface area (Å²) in [6.45, 7) is 2.08. The maximum atomic E-state index is 12.6. The van der Waals surface area contributed by atoms with Crippen molar-refractivity contribution >= 4 is 44.4 Å². The van der Waals surface area contributed by atoms with Crippen LogP contribution in [0, 0.1) is 16.0 Å². The van der Waals surface area contributed by atoms with Crippen LogP contribution in [0.15, 0.2) is 52.5 Å². The molecule has 0 spiro atoms. The summed E-state index contributed by atoms with van der Waals surface area (Å²) >= 11 is 5.80. The van der Waals surface area contributed by atoms with Gasteiger partial charge in [-0.05, 0) is 61.6 Å². The van der Waals surface area contributed by atoms with Crippen molar-refractivity contribution in [3.05, 3.63) is 57.6 Å². The molecule has 3 rings (SSSR count). The van der Waals surface area contributed by atoms with E-state index in [0.717, 1.165) is 37.5 Å². The molecule has 0 heterocycles. The molecule has 0 saturated heterocycles. The van der Waals surface area contributed by atoms with Gasteiger partial charge >= 0.3 is 0 Å². The van der Waals surface area contributed by atoms with Crippen molar-refractivity contribution in [3.63, 3.8) is 0 Å². The third-order valence-electron chi connectivity index (χ3n) is 4.78. The molecule has 1 unspecified atom stereocenters. The number of benzene rings is 2.